The molecule has 0 saturated heterocycles. The molecule has 0 saturated carbocycles. The molecule has 0 aliphatic carbocycles. The van der Waals surface area contributed by atoms with Crippen molar-refractivity contribution < 1.29 is 23.8 Å². The monoisotopic (exact) mass is 377 g/mol. The highest BCUT2D eigenvalue weighted by atomic mass is 35.5. The largest absolute Gasteiger partial charge is 0.493 e. The van der Waals surface area contributed by atoms with Gasteiger partial charge in [-0.2, -0.15) is 0 Å². The number of benzene rings is 2. The first kappa shape index (κ1) is 19.6. The number of ether oxygens (including phenoxy) is 3. The average Bonchev–Trinajstić information content (AvgIpc) is 2.62. The first-order valence-electron chi connectivity index (χ1n) is 7.98. The van der Waals surface area contributed by atoms with Crippen molar-refractivity contribution in [1.82, 2.24) is 0 Å². The molecular weight excluding hydrogens is 358 g/mol. The summed E-state index contributed by atoms with van der Waals surface area (Å²) in [6, 6.07) is 9.90. The van der Waals surface area contributed by atoms with Gasteiger partial charge in [-0.05, 0) is 49.7 Å². The smallest absolute Gasteiger partial charge is 0.338 e. The number of nitrogens with one attached hydrogen (secondary N) is 1. The van der Waals surface area contributed by atoms with Gasteiger partial charge in [-0.15, -0.1) is 0 Å². The molecule has 2 aromatic rings. The Kier molecular flexibility index (Phi) is 6.86. The van der Waals surface area contributed by atoms with E-state index in [0.717, 1.165) is 5.56 Å². The summed E-state index contributed by atoms with van der Waals surface area (Å²) in [5, 5.41) is 3.02. The minimum Gasteiger partial charge on any atom is -0.493 e. The highest BCUT2D eigenvalue weighted by Gasteiger charge is 2.14. The Morgan fingerprint density at radius 3 is 2.54 bits per heavy atom. The summed E-state index contributed by atoms with van der Waals surface area (Å²) in [6.45, 7) is 3.71. The van der Waals surface area contributed by atoms with Crippen molar-refractivity contribution in [2.45, 2.75) is 13.8 Å². The predicted octanol–water partition coefficient (Wildman–Crippen LogP) is 3.85. The minimum absolute atomic E-state index is 0.260. The van der Waals surface area contributed by atoms with E-state index in [1.54, 1.807) is 24.3 Å². The highest BCUT2D eigenvalue weighted by Crippen LogP contribution is 2.28. The zero-order valence-electron chi connectivity index (χ0n) is 14.8. The summed E-state index contributed by atoms with van der Waals surface area (Å²) >= 11 is 6.06. The van der Waals surface area contributed by atoms with Gasteiger partial charge in [0.25, 0.3) is 5.91 Å². The number of halogens is 1. The molecule has 0 fully saturated rings. The summed E-state index contributed by atoms with van der Waals surface area (Å²) in [4.78, 5) is 24.1. The summed E-state index contributed by atoms with van der Waals surface area (Å²) < 4.78 is 15.6. The number of hydrogen-bond donors (Lipinski definition) is 1. The molecule has 0 heterocycles. The fourth-order valence-electron chi connectivity index (χ4n) is 2.19. The van der Waals surface area contributed by atoms with Crippen LogP contribution in [0.1, 0.15) is 22.8 Å². The number of methoxy groups -OCH3 is 1. The number of rotatable bonds is 7. The molecule has 26 heavy (non-hydrogen) atoms. The van der Waals surface area contributed by atoms with Crippen LogP contribution in [0, 0.1) is 6.92 Å². The first-order chi connectivity index (χ1) is 12.4. The molecule has 0 spiro atoms. The van der Waals surface area contributed by atoms with Crippen molar-refractivity contribution in [3.8, 4) is 11.5 Å². The standard InChI is InChI=1S/C19H20ClNO5/c1-4-25-17-10-13(6-8-16(17)24-3)19(23)26-11-18(22)21-15-7-5-12(2)9-14(15)20/h5-10H,4,11H2,1-3H3,(H,21,22). The average molecular weight is 378 g/mol. The maximum atomic E-state index is 12.1. The van der Waals surface area contributed by atoms with Gasteiger partial charge in [-0.25, -0.2) is 4.79 Å². The van der Waals surface area contributed by atoms with Crippen LogP contribution in [0.5, 0.6) is 11.5 Å². The maximum absolute atomic E-state index is 12.1. The lowest BCUT2D eigenvalue weighted by molar-refractivity contribution is -0.119. The van der Waals surface area contributed by atoms with Crippen LogP contribution >= 0.6 is 11.6 Å². The lowest BCUT2D eigenvalue weighted by Crippen LogP contribution is -2.21. The van der Waals surface area contributed by atoms with Gasteiger partial charge in [0.15, 0.2) is 18.1 Å². The Labute approximate surface area is 157 Å². The molecule has 138 valence electrons. The minimum atomic E-state index is -0.640. The zero-order valence-corrected chi connectivity index (χ0v) is 15.6. The van der Waals surface area contributed by atoms with Crippen molar-refractivity contribution in [3.05, 3.63) is 52.5 Å². The molecule has 0 radical (unpaired) electrons. The van der Waals surface area contributed by atoms with Crippen molar-refractivity contribution in [1.29, 1.82) is 0 Å². The Morgan fingerprint density at radius 1 is 1.12 bits per heavy atom. The van der Waals surface area contributed by atoms with Crippen molar-refractivity contribution >= 4 is 29.2 Å². The number of amides is 1. The van der Waals surface area contributed by atoms with Gasteiger partial charge in [0, 0.05) is 0 Å². The number of carbonyl (C=O) groups excluding carboxylic acids is 2. The number of hydrogen-bond acceptors (Lipinski definition) is 5. The fraction of sp³-hybridized carbons (Fsp3) is 0.263. The fourth-order valence-corrected chi connectivity index (χ4v) is 2.48. The van der Waals surface area contributed by atoms with E-state index in [0.29, 0.717) is 28.8 Å². The molecular formula is C19H20ClNO5. The van der Waals surface area contributed by atoms with Crippen LogP contribution in [-0.2, 0) is 9.53 Å². The molecule has 1 amide bonds. The van der Waals surface area contributed by atoms with Crippen LogP contribution in [0.3, 0.4) is 0 Å². The molecule has 0 bridgehead atoms. The van der Waals surface area contributed by atoms with Crippen molar-refractivity contribution in [2.75, 3.05) is 25.6 Å². The second-order valence-corrected chi connectivity index (χ2v) is 5.81. The third kappa shape index (κ3) is 5.13. The topological polar surface area (TPSA) is 73.9 Å². The number of anilines is 1. The van der Waals surface area contributed by atoms with E-state index in [2.05, 4.69) is 5.32 Å². The van der Waals surface area contributed by atoms with Crippen LogP contribution in [0.15, 0.2) is 36.4 Å². The SMILES string of the molecule is CCOc1cc(C(=O)OCC(=O)Nc2ccc(C)cc2Cl)ccc1OC. The van der Waals surface area contributed by atoms with Gasteiger partial charge in [-0.3, -0.25) is 4.79 Å². The predicted molar refractivity (Wildman–Crippen MR) is 99.3 cm³/mol. The summed E-state index contributed by atoms with van der Waals surface area (Å²) in [7, 11) is 1.51. The van der Waals surface area contributed by atoms with Gasteiger partial charge in [-0.1, -0.05) is 17.7 Å². The van der Waals surface area contributed by atoms with Crippen LogP contribution in [0.25, 0.3) is 0 Å². The van der Waals surface area contributed by atoms with E-state index in [9.17, 15) is 9.59 Å². The van der Waals surface area contributed by atoms with E-state index in [1.807, 2.05) is 19.9 Å². The van der Waals surface area contributed by atoms with E-state index >= 15 is 0 Å². The molecule has 0 unspecified atom stereocenters. The molecule has 0 aliphatic heterocycles. The van der Waals surface area contributed by atoms with Gasteiger partial charge in [0.2, 0.25) is 0 Å². The van der Waals surface area contributed by atoms with Crippen LogP contribution in [0.4, 0.5) is 5.69 Å². The Balaban J connectivity index is 1.97. The van der Waals surface area contributed by atoms with Crippen LogP contribution in [0.2, 0.25) is 5.02 Å². The summed E-state index contributed by atoms with van der Waals surface area (Å²) in [5.74, 6) is -0.183. The highest BCUT2D eigenvalue weighted by molar-refractivity contribution is 6.33. The molecule has 0 aliphatic rings. The van der Waals surface area contributed by atoms with Crippen molar-refractivity contribution in [2.24, 2.45) is 0 Å². The molecule has 0 aromatic heterocycles. The van der Waals surface area contributed by atoms with E-state index in [1.165, 1.54) is 13.2 Å². The van der Waals surface area contributed by atoms with E-state index in [4.69, 9.17) is 25.8 Å². The van der Waals surface area contributed by atoms with Crippen molar-refractivity contribution in [3.63, 3.8) is 0 Å². The maximum Gasteiger partial charge on any atom is 0.338 e. The molecule has 1 N–H and O–H groups in total. The lowest BCUT2D eigenvalue weighted by atomic mass is 10.2. The number of esters is 1. The second-order valence-electron chi connectivity index (χ2n) is 5.41. The Morgan fingerprint density at radius 2 is 1.88 bits per heavy atom. The molecule has 7 heteroatoms. The second kappa shape index (κ2) is 9.10. The molecule has 2 rings (SSSR count). The first-order valence-corrected chi connectivity index (χ1v) is 8.36. The summed E-state index contributed by atoms with van der Waals surface area (Å²) in [5.41, 5.74) is 1.70. The molecule has 6 nitrogen and oxygen atoms in total. The Hall–Kier alpha value is -2.73. The summed E-state index contributed by atoms with van der Waals surface area (Å²) in [6.07, 6.45) is 0. The third-order valence-electron chi connectivity index (χ3n) is 3.43. The molecule has 0 atom stereocenters. The number of aryl methyl sites for hydroxylation is 1. The van der Waals surface area contributed by atoms with Gasteiger partial charge < -0.3 is 19.5 Å². The van der Waals surface area contributed by atoms with Crippen LogP contribution < -0.4 is 14.8 Å². The normalized spacial score (nSPS) is 10.2. The quantitative estimate of drug-likeness (QED) is 0.742. The van der Waals surface area contributed by atoms with Gasteiger partial charge >= 0.3 is 5.97 Å². The Bertz CT molecular complexity index is 807. The number of carbonyl (C=O) groups is 2. The van der Waals surface area contributed by atoms with E-state index < -0.39 is 18.5 Å². The van der Waals surface area contributed by atoms with Gasteiger partial charge in [0.05, 0.1) is 30.0 Å². The zero-order chi connectivity index (χ0) is 19.1. The van der Waals surface area contributed by atoms with Gasteiger partial charge in [0.1, 0.15) is 0 Å². The molecule has 2 aromatic carbocycles. The third-order valence-corrected chi connectivity index (χ3v) is 3.74. The lowest BCUT2D eigenvalue weighted by Gasteiger charge is -2.11. The van der Waals surface area contributed by atoms with Crippen LogP contribution in [-0.4, -0.2) is 32.2 Å². The van der Waals surface area contributed by atoms with E-state index in [-0.39, 0.29) is 5.56 Å².